The zero-order valence-electron chi connectivity index (χ0n) is 31.2. The minimum Gasteiger partial charge on any atom is -0.497 e. The van der Waals surface area contributed by atoms with Gasteiger partial charge in [0.25, 0.3) is 0 Å². The molecule has 8 rings (SSSR count). The molecule has 1 unspecified atom stereocenters. The SMILES string of the molecule is COc1ccc(CN2CCc3nc(NC(=O)NC(c4ccccc4)C(C)(C)O)cc4c3c2nn4C(c2ccccc2)(c2ccccc2)c2ccccc2)cc1. The fraction of sp³-hybridized carbons (Fsp3) is 0.196. The second kappa shape index (κ2) is 14.8. The molecule has 0 fully saturated rings. The lowest BCUT2D eigenvalue weighted by atomic mass is 9.77. The Bertz CT molecular complexity index is 2300. The molecule has 1 atom stereocenters. The maximum atomic E-state index is 13.8. The Kier molecular flexibility index (Phi) is 9.55. The molecule has 2 aromatic heterocycles. The van der Waals surface area contributed by atoms with E-state index in [-0.39, 0.29) is 0 Å². The summed E-state index contributed by atoms with van der Waals surface area (Å²) in [7, 11) is 1.67. The Balaban J connectivity index is 1.32. The number of amides is 2. The predicted octanol–water partition coefficient (Wildman–Crippen LogP) is 8.48. The van der Waals surface area contributed by atoms with Crippen LogP contribution in [0.4, 0.5) is 16.4 Å². The lowest BCUT2D eigenvalue weighted by molar-refractivity contribution is 0.0415. The Hall–Kier alpha value is -6.45. The molecule has 3 N–H and O–H groups in total. The van der Waals surface area contributed by atoms with E-state index < -0.39 is 23.2 Å². The molecule has 0 aliphatic carbocycles. The molecule has 9 nitrogen and oxygen atoms in total. The van der Waals surface area contributed by atoms with Crippen molar-refractivity contribution in [2.24, 2.45) is 0 Å². The molecule has 55 heavy (non-hydrogen) atoms. The number of rotatable bonds is 11. The van der Waals surface area contributed by atoms with Crippen LogP contribution in [0, 0.1) is 0 Å². The van der Waals surface area contributed by atoms with Gasteiger partial charge in [0.05, 0.1) is 35.3 Å². The van der Waals surface area contributed by atoms with Crippen LogP contribution in [-0.4, -0.2) is 45.2 Å². The molecular formula is C46H44N6O3. The minimum atomic E-state index is -1.23. The summed E-state index contributed by atoms with van der Waals surface area (Å²) in [6, 6.07) is 49.8. The Morgan fingerprint density at radius 2 is 1.35 bits per heavy atom. The molecule has 0 saturated carbocycles. The van der Waals surface area contributed by atoms with Gasteiger partial charge in [-0.25, -0.2) is 14.5 Å². The van der Waals surface area contributed by atoms with Gasteiger partial charge in [0.15, 0.2) is 5.82 Å². The fourth-order valence-corrected chi connectivity index (χ4v) is 7.87. The number of carbonyl (C=O) groups is 1. The molecule has 3 heterocycles. The van der Waals surface area contributed by atoms with Crippen LogP contribution in [0.3, 0.4) is 0 Å². The molecule has 0 spiro atoms. The number of nitrogens with one attached hydrogen (secondary N) is 2. The van der Waals surface area contributed by atoms with Gasteiger partial charge in [-0.05, 0) is 53.8 Å². The van der Waals surface area contributed by atoms with Crippen LogP contribution in [0.5, 0.6) is 5.75 Å². The van der Waals surface area contributed by atoms with Crippen molar-refractivity contribution < 1.29 is 14.6 Å². The number of aliphatic hydroxyl groups is 1. The van der Waals surface area contributed by atoms with E-state index >= 15 is 0 Å². The molecule has 9 heteroatoms. The van der Waals surface area contributed by atoms with Crippen molar-refractivity contribution in [3.8, 4) is 5.75 Å². The summed E-state index contributed by atoms with van der Waals surface area (Å²) in [6.07, 6.45) is 0.647. The summed E-state index contributed by atoms with van der Waals surface area (Å²) in [5, 5.41) is 23.7. The quantitative estimate of drug-likeness (QED) is 0.116. The standard InChI is InChI=1S/C46H44N6O3/c1-45(2,54)42(33-16-8-4-9-17-33)49-44(53)48-40-30-39-41-38(47-40)28-29-51(31-32-24-26-37(55-3)27-25-32)43(41)50-52(39)46(34-18-10-5-11-19-34,35-20-12-6-13-21-35)36-22-14-7-15-23-36/h4-27,30,42,54H,28-29,31H2,1-3H3,(H2,47,48,49,53). The highest BCUT2D eigenvalue weighted by Gasteiger charge is 2.42. The van der Waals surface area contributed by atoms with Crippen molar-refractivity contribution in [3.05, 3.63) is 185 Å². The summed E-state index contributed by atoms with van der Waals surface area (Å²) < 4.78 is 7.56. The van der Waals surface area contributed by atoms with Gasteiger partial charge in [-0.3, -0.25) is 5.32 Å². The molecule has 1 aliphatic rings. The number of ether oxygens (including phenoxy) is 1. The summed E-state index contributed by atoms with van der Waals surface area (Å²) in [5.74, 6) is 2.03. The number of hydrogen-bond donors (Lipinski definition) is 3. The van der Waals surface area contributed by atoms with Gasteiger partial charge >= 0.3 is 6.03 Å². The summed E-state index contributed by atoms with van der Waals surface area (Å²) in [5.41, 5.74) is 4.56. The van der Waals surface area contributed by atoms with Crippen LogP contribution < -0.4 is 20.3 Å². The third kappa shape index (κ3) is 6.79. The first-order chi connectivity index (χ1) is 26.8. The number of nitrogens with zero attached hydrogens (tertiary/aromatic N) is 4. The Labute approximate surface area is 321 Å². The number of methoxy groups -OCH3 is 1. The van der Waals surface area contributed by atoms with Crippen LogP contribution in [-0.2, 0) is 18.5 Å². The molecule has 276 valence electrons. The van der Waals surface area contributed by atoms with Crippen LogP contribution >= 0.6 is 0 Å². The molecular weight excluding hydrogens is 685 g/mol. The second-order valence-corrected chi connectivity index (χ2v) is 14.5. The Morgan fingerprint density at radius 3 is 1.87 bits per heavy atom. The van der Waals surface area contributed by atoms with E-state index in [0.29, 0.717) is 25.3 Å². The first-order valence-corrected chi connectivity index (χ1v) is 18.6. The third-order valence-electron chi connectivity index (χ3n) is 10.4. The lowest BCUT2D eigenvalue weighted by Crippen LogP contribution is -2.44. The molecule has 0 radical (unpaired) electrons. The Morgan fingerprint density at radius 1 is 0.800 bits per heavy atom. The zero-order valence-corrected chi connectivity index (χ0v) is 31.2. The summed E-state index contributed by atoms with van der Waals surface area (Å²) in [6.45, 7) is 4.70. The maximum absolute atomic E-state index is 13.8. The van der Waals surface area contributed by atoms with Gasteiger partial charge in [0.2, 0.25) is 0 Å². The highest BCUT2D eigenvalue weighted by atomic mass is 16.5. The number of urea groups is 1. The van der Waals surface area contributed by atoms with E-state index in [4.69, 9.17) is 14.8 Å². The fourth-order valence-electron chi connectivity index (χ4n) is 7.87. The number of anilines is 2. The monoisotopic (exact) mass is 728 g/mol. The van der Waals surface area contributed by atoms with Gasteiger partial charge in [0, 0.05) is 25.6 Å². The summed E-state index contributed by atoms with van der Waals surface area (Å²) >= 11 is 0. The van der Waals surface area contributed by atoms with E-state index in [0.717, 1.165) is 56.0 Å². The minimum absolute atomic E-state index is 0.391. The van der Waals surface area contributed by atoms with Gasteiger partial charge in [-0.1, -0.05) is 133 Å². The first kappa shape index (κ1) is 35.6. The second-order valence-electron chi connectivity index (χ2n) is 14.5. The first-order valence-electron chi connectivity index (χ1n) is 18.6. The normalized spacial score (nSPS) is 13.3. The van der Waals surface area contributed by atoms with Crippen LogP contribution in [0.25, 0.3) is 10.9 Å². The van der Waals surface area contributed by atoms with Crippen LogP contribution in [0.1, 0.15) is 53.4 Å². The van der Waals surface area contributed by atoms with E-state index in [9.17, 15) is 9.90 Å². The average molecular weight is 729 g/mol. The van der Waals surface area contributed by atoms with Crippen molar-refractivity contribution in [2.75, 3.05) is 23.9 Å². The number of benzene rings is 5. The maximum Gasteiger partial charge on any atom is 0.320 e. The van der Waals surface area contributed by atoms with E-state index in [1.54, 1.807) is 21.0 Å². The van der Waals surface area contributed by atoms with Gasteiger partial charge in [-0.2, -0.15) is 5.10 Å². The van der Waals surface area contributed by atoms with Gasteiger partial charge in [0.1, 0.15) is 17.1 Å². The van der Waals surface area contributed by atoms with Crippen molar-refractivity contribution in [3.63, 3.8) is 0 Å². The number of aromatic nitrogens is 3. The molecule has 5 aromatic carbocycles. The van der Waals surface area contributed by atoms with Crippen molar-refractivity contribution in [1.29, 1.82) is 0 Å². The van der Waals surface area contributed by atoms with E-state index in [1.165, 1.54) is 0 Å². The molecule has 1 aliphatic heterocycles. The predicted molar refractivity (Wildman–Crippen MR) is 218 cm³/mol. The topological polar surface area (TPSA) is 105 Å². The largest absolute Gasteiger partial charge is 0.497 e. The lowest BCUT2D eigenvalue weighted by Gasteiger charge is -2.37. The van der Waals surface area contributed by atoms with E-state index in [2.05, 4.69) is 105 Å². The number of carbonyl (C=O) groups excluding carboxylic acids is 1. The molecule has 0 bridgehead atoms. The smallest absolute Gasteiger partial charge is 0.320 e. The highest BCUT2D eigenvalue weighted by Crippen LogP contribution is 2.46. The average Bonchev–Trinajstić information content (AvgIpc) is 3.60. The summed E-state index contributed by atoms with van der Waals surface area (Å²) in [4.78, 5) is 21.2. The highest BCUT2D eigenvalue weighted by molar-refractivity contribution is 5.98. The van der Waals surface area contributed by atoms with Crippen molar-refractivity contribution in [1.82, 2.24) is 20.1 Å². The third-order valence-corrected chi connectivity index (χ3v) is 10.4. The van der Waals surface area contributed by atoms with Crippen LogP contribution in [0.15, 0.2) is 152 Å². The van der Waals surface area contributed by atoms with Gasteiger partial charge < -0.3 is 20.1 Å². The number of pyridine rings is 1. The number of hydrogen-bond acceptors (Lipinski definition) is 6. The van der Waals surface area contributed by atoms with Crippen molar-refractivity contribution >= 4 is 28.6 Å². The zero-order chi connectivity index (χ0) is 38.0. The molecule has 2 amide bonds. The molecule has 7 aromatic rings. The van der Waals surface area contributed by atoms with Crippen molar-refractivity contribution in [2.45, 2.75) is 44.0 Å². The van der Waals surface area contributed by atoms with E-state index in [1.807, 2.05) is 66.7 Å². The van der Waals surface area contributed by atoms with Gasteiger partial charge in [-0.15, -0.1) is 0 Å². The molecule has 0 saturated heterocycles. The van der Waals surface area contributed by atoms with Crippen LogP contribution in [0.2, 0.25) is 0 Å².